The smallest absolute Gasteiger partial charge is 0.264 e. The van der Waals surface area contributed by atoms with Gasteiger partial charge in [-0.3, -0.25) is 14.2 Å². The van der Waals surface area contributed by atoms with E-state index in [-0.39, 0.29) is 11.5 Å². The fourth-order valence-electron chi connectivity index (χ4n) is 3.72. The molecule has 2 aromatic heterocycles. The molecule has 0 N–H and O–H groups in total. The van der Waals surface area contributed by atoms with Crippen molar-refractivity contribution in [2.45, 2.75) is 27.3 Å². The lowest BCUT2D eigenvalue weighted by atomic mass is 10.1. The third-order valence-corrected chi connectivity index (χ3v) is 6.57. The van der Waals surface area contributed by atoms with Crippen LogP contribution in [0.2, 0.25) is 0 Å². The van der Waals surface area contributed by atoms with E-state index in [1.54, 1.807) is 10.9 Å². The number of benzene rings is 1. The molecule has 146 valence electrons. The van der Waals surface area contributed by atoms with Crippen molar-refractivity contribution in [2.75, 3.05) is 31.1 Å². The third-order valence-electron chi connectivity index (χ3n) is 5.39. The van der Waals surface area contributed by atoms with Gasteiger partial charge in [0.15, 0.2) is 0 Å². The maximum atomic E-state index is 13.1. The second-order valence-electron chi connectivity index (χ2n) is 7.19. The van der Waals surface area contributed by atoms with E-state index in [9.17, 15) is 9.59 Å². The highest BCUT2D eigenvalue weighted by atomic mass is 32.1. The molecule has 7 heteroatoms. The molecule has 28 heavy (non-hydrogen) atoms. The Bertz CT molecular complexity index is 1090. The number of piperazine rings is 1. The molecule has 0 bridgehead atoms. The molecular weight excluding hydrogens is 372 g/mol. The lowest BCUT2D eigenvalue weighted by molar-refractivity contribution is 0.0751. The van der Waals surface area contributed by atoms with Crippen LogP contribution in [-0.4, -0.2) is 46.5 Å². The number of hydrogen-bond donors (Lipinski definition) is 0. The molecule has 0 atom stereocenters. The Balaban J connectivity index is 1.55. The Morgan fingerprint density at radius 3 is 2.61 bits per heavy atom. The predicted molar refractivity (Wildman–Crippen MR) is 114 cm³/mol. The van der Waals surface area contributed by atoms with Gasteiger partial charge in [0, 0.05) is 38.4 Å². The first-order chi connectivity index (χ1) is 13.5. The van der Waals surface area contributed by atoms with Gasteiger partial charge in [0.1, 0.15) is 4.83 Å². The van der Waals surface area contributed by atoms with Gasteiger partial charge in [0.25, 0.3) is 11.5 Å². The standard InChI is InChI=1S/C21H24N4O2S/c1-4-23-13-22-19-17(20(23)26)15(3)18(28-19)21(27)25-10-8-24(9-11-25)16-7-5-6-14(2)12-16/h5-7,12-13H,4,8-11H2,1-3H3. The predicted octanol–water partition coefficient (Wildman–Crippen LogP) is 3.06. The van der Waals surface area contributed by atoms with E-state index in [2.05, 4.69) is 41.1 Å². The highest BCUT2D eigenvalue weighted by Crippen LogP contribution is 2.28. The highest BCUT2D eigenvalue weighted by Gasteiger charge is 2.26. The van der Waals surface area contributed by atoms with Crippen molar-refractivity contribution in [3.05, 3.63) is 57.0 Å². The van der Waals surface area contributed by atoms with E-state index in [4.69, 9.17) is 0 Å². The van der Waals surface area contributed by atoms with Gasteiger partial charge >= 0.3 is 0 Å². The molecule has 0 spiro atoms. The third kappa shape index (κ3) is 3.20. The summed E-state index contributed by atoms with van der Waals surface area (Å²) in [6, 6.07) is 8.45. The van der Waals surface area contributed by atoms with Crippen LogP contribution in [0.5, 0.6) is 0 Å². The second kappa shape index (κ2) is 7.39. The average Bonchev–Trinajstić information content (AvgIpc) is 3.05. The number of aryl methyl sites for hydroxylation is 3. The molecule has 1 aliphatic heterocycles. The average molecular weight is 397 g/mol. The van der Waals surface area contributed by atoms with Crippen LogP contribution in [0.1, 0.15) is 27.7 Å². The van der Waals surface area contributed by atoms with Crippen molar-refractivity contribution in [3.8, 4) is 0 Å². The Kier molecular flexibility index (Phi) is 4.93. The summed E-state index contributed by atoms with van der Waals surface area (Å²) in [5.41, 5.74) is 3.13. The fraction of sp³-hybridized carbons (Fsp3) is 0.381. The minimum absolute atomic E-state index is 0.00633. The van der Waals surface area contributed by atoms with E-state index in [0.29, 0.717) is 34.7 Å². The van der Waals surface area contributed by atoms with Gasteiger partial charge in [0.2, 0.25) is 0 Å². The lowest BCUT2D eigenvalue weighted by Crippen LogP contribution is -2.48. The van der Waals surface area contributed by atoms with Gasteiger partial charge < -0.3 is 9.80 Å². The molecule has 6 nitrogen and oxygen atoms in total. The van der Waals surface area contributed by atoms with Crippen molar-refractivity contribution < 1.29 is 4.79 Å². The first-order valence-electron chi connectivity index (χ1n) is 9.59. The Morgan fingerprint density at radius 2 is 1.93 bits per heavy atom. The maximum absolute atomic E-state index is 13.1. The Morgan fingerprint density at radius 1 is 1.18 bits per heavy atom. The van der Waals surface area contributed by atoms with E-state index in [1.165, 1.54) is 22.6 Å². The molecule has 1 aliphatic rings. The number of thiophene rings is 1. The number of rotatable bonds is 3. The number of nitrogens with zero attached hydrogens (tertiary/aromatic N) is 4. The molecule has 0 unspecified atom stereocenters. The fourth-order valence-corrected chi connectivity index (χ4v) is 4.83. The molecule has 1 fully saturated rings. The quantitative estimate of drug-likeness (QED) is 0.683. The first kappa shape index (κ1) is 18.7. The van der Waals surface area contributed by atoms with Gasteiger partial charge in [-0.25, -0.2) is 4.98 Å². The molecule has 1 saturated heterocycles. The normalized spacial score (nSPS) is 14.7. The van der Waals surface area contributed by atoms with Crippen molar-refractivity contribution in [2.24, 2.45) is 0 Å². The number of amides is 1. The summed E-state index contributed by atoms with van der Waals surface area (Å²) >= 11 is 1.33. The minimum Gasteiger partial charge on any atom is -0.368 e. The van der Waals surface area contributed by atoms with Crippen LogP contribution < -0.4 is 10.5 Å². The van der Waals surface area contributed by atoms with Crippen LogP contribution in [0, 0.1) is 13.8 Å². The summed E-state index contributed by atoms with van der Waals surface area (Å²) in [6.07, 6.45) is 1.56. The van der Waals surface area contributed by atoms with Gasteiger partial charge in [-0.1, -0.05) is 12.1 Å². The molecule has 0 saturated carbocycles. The summed E-state index contributed by atoms with van der Waals surface area (Å²) in [5, 5.41) is 0.580. The molecule has 3 aromatic rings. The van der Waals surface area contributed by atoms with E-state index in [0.717, 1.165) is 18.7 Å². The summed E-state index contributed by atoms with van der Waals surface area (Å²) in [4.78, 5) is 35.6. The van der Waals surface area contributed by atoms with Gasteiger partial charge in [-0.15, -0.1) is 11.3 Å². The van der Waals surface area contributed by atoms with Crippen LogP contribution in [0.3, 0.4) is 0 Å². The van der Waals surface area contributed by atoms with Crippen LogP contribution in [0.25, 0.3) is 10.2 Å². The van der Waals surface area contributed by atoms with Gasteiger partial charge in [-0.2, -0.15) is 0 Å². The molecule has 0 radical (unpaired) electrons. The van der Waals surface area contributed by atoms with E-state index in [1.807, 2.05) is 18.7 Å². The SMILES string of the molecule is CCn1cnc2sc(C(=O)N3CCN(c4cccc(C)c4)CC3)c(C)c2c1=O. The molecule has 4 rings (SSSR count). The topological polar surface area (TPSA) is 58.4 Å². The summed E-state index contributed by atoms with van der Waals surface area (Å²) < 4.78 is 1.58. The Labute approximate surface area is 168 Å². The van der Waals surface area contributed by atoms with Crippen LogP contribution >= 0.6 is 11.3 Å². The number of hydrogen-bond acceptors (Lipinski definition) is 5. The number of carbonyl (C=O) groups is 1. The Hall–Kier alpha value is -2.67. The van der Waals surface area contributed by atoms with Crippen molar-refractivity contribution in [1.82, 2.24) is 14.5 Å². The monoisotopic (exact) mass is 396 g/mol. The highest BCUT2D eigenvalue weighted by molar-refractivity contribution is 7.20. The lowest BCUT2D eigenvalue weighted by Gasteiger charge is -2.36. The maximum Gasteiger partial charge on any atom is 0.264 e. The van der Waals surface area contributed by atoms with E-state index >= 15 is 0 Å². The van der Waals surface area contributed by atoms with Crippen LogP contribution in [0.15, 0.2) is 35.4 Å². The van der Waals surface area contributed by atoms with Crippen molar-refractivity contribution in [3.63, 3.8) is 0 Å². The largest absolute Gasteiger partial charge is 0.368 e. The number of anilines is 1. The summed E-state index contributed by atoms with van der Waals surface area (Å²) in [7, 11) is 0. The van der Waals surface area contributed by atoms with Crippen LogP contribution in [0.4, 0.5) is 5.69 Å². The van der Waals surface area contributed by atoms with Crippen molar-refractivity contribution >= 4 is 33.1 Å². The number of aromatic nitrogens is 2. The summed E-state index contributed by atoms with van der Waals surface area (Å²) in [6.45, 7) is 9.39. The molecule has 0 aliphatic carbocycles. The second-order valence-corrected chi connectivity index (χ2v) is 8.19. The summed E-state index contributed by atoms with van der Waals surface area (Å²) in [5.74, 6) is 0.00633. The van der Waals surface area contributed by atoms with Gasteiger partial charge in [-0.05, 0) is 44.0 Å². The zero-order valence-corrected chi connectivity index (χ0v) is 17.3. The molecule has 1 amide bonds. The molecular formula is C21H24N4O2S. The van der Waals surface area contributed by atoms with Crippen LogP contribution in [-0.2, 0) is 6.54 Å². The van der Waals surface area contributed by atoms with Crippen molar-refractivity contribution in [1.29, 1.82) is 0 Å². The molecule has 1 aromatic carbocycles. The molecule has 3 heterocycles. The minimum atomic E-state index is -0.0652. The van der Waals surface area contributed by atoms with Gasteiger partial charge in [0.05, 0.1) is 16.6 Å². The van der Waals surface area contributed by atoms with E-state index < -0.39 is 0 Å². The number of carbonyl (C=O) groups excluding carboxylic acids is 1. The zero-order valence-electron chi connectivity index (χ0n) is 16.4. The zero-order chi connectivity index (χ0) is 19.8. The number of fused-ring (bicyclic) bond motifs is 1. The first-order valence-corrected chi connectivity index (χ1v) is 10.4.